The van der Waals surface area contributed by atoms with Gasteiger partial charge in [0.25, 0.3) is 5.91 Å². The van der Waals surface area contributed by atoms with Crippen LogP contribution in [0, 0.1) is 5.82 Å². The van der Waals surface area contributed by atoms with Gasteiger partial charge in [-0.1, -0.05) is 56.2 Å². The highest BCUT2D eigenvalue weighted by atomic mass is 18.2. The van der Waals surface area contributed by atoms with Gasteiger partial charge in [0, 0.05) is 58.0 Å². The summed E-state index contributed by atoms with van der Waals surface area (Å²) in [6.07, 6.45) is 13.7. The molecule has 0 aromatic heterocycles. The average Bonchev–Trinajstić information content (AvgIpc) is 3.05. The summed E-state index contributed by atoms with van der Waals surface area (Å²) in [6, 6.07) is 14.0. The van der Waals surface area contributed by atoms with Crippen LogP contribution in [0.3, 0.4) is 0 Å². The number of unbranched alkanes of at least 4 members (excludes halogenated alkanes) is 3. The zero-order valence-electron chi connectivity index (χ0n) is 27.5. The maximum atomic E-state index is 12.4. The zero-order valence-corrected chi connectivity index (χ0v) is 27.5. The molecule has 0 atom stereocenters. The molecule has 0 aliphatic rings. The van der Waals surface area contributed by atoms with Crippen molar-refractivity contribution in [1.82, 2.24) is 5.32 Å². The number of benzene rings is 2. The van der Waals surface area contributed by atoms with Crippen molar-refractivity contribution >= 4 is 30.8 Å². The molecule has 0 unspecified atom stereocenters. The van der Waals surface area contributed by atoms with Crippen LogP contribution in [0.5, 0.6) is 0 Å². The maximum Gasteiger partial charge on any atom is 0.262 e. The molecule has 9 heteroatoms. The van der Waals surface area contributed by atoms with Crippen LogP contribution >= 0.6 is 0 Å². The molecule has 1 amide bonds. The largest absolute Gasteiger partial charge is 0.349 e. The monoisotopic (exact) mass is 614 g/mol. The number of alkyl halides is 2. The van der Waals surface area contributed by atoms with E-state index in [1.165, 1.54) is 43.4 Å². The van der Waals surface area contributed by atoms with Gasteiger partial charge in [0.1, 0.15) is 19.2 Å². The Labute approximate surface area is 264 Å². The normalized spacial score (nSPS) is 10.7. The van der Waals surface area contributed by atoms with Crippen molar-refractivity contribution in [2.45, 2.75) is 79.8 Å². The van der Waals surface area contributed by atoms with Crippen LogP contribution in [-0.4, -0.2) is 70.2 Å². The Morgan fingerprint density at radius 1 is 0.682 bits per heavy atom. The third kappa shape index (κ3) is 29.9. The smallest absolute Gasteiger partial charge is 0.262 e. The van der Waals surface area contributed by atoms with Gasteiger partial charge in [-0.05, 0) is 75.6 Å². The predicted octanol–water partition coefficient (Wildman–Crippen LogP) is 8.07. The van der Waals surface area contributed by atoms with Crippen LogP contribution in [0.1, 0.15) is 77.0 Å². The summed E-state index contributed by atoms with van der Waals surface area (Å²) in [5.74, 6) is -0.523. The van der Waals surface area contributed by atoms with Gasteiger partial charge < -0.3 is 5.32 Å². The van der Waals surface area contributed by atoms with Gasteiger partial charge in [-0.25, -0.2) is 13.2 Å². The minimum Gasteiger partial charge on any atom is -0.349 e. The van der Waals surface area contributed by atoms with Gasteiger partial charge in [-0.15, -0.1) is 0 Å². The number of hydrogen-bond donors (Lipinski definition) is 1. The molecule has 2 aromatic carbocycles. The Balaban J connectivity index is 0. The topological polar surface area (TPSA) is 78.5 Å². The van der Waals surface area contributed by atoms with Crippen molar-refractivity contribution in [2.75, 3.05) is 39.4 Å². The number of halogens is 3. The lowest BCUT2D eigenvalue weighted by Gasteiger charge is -1.97. The first-order valence-electron chi connectivity index (χ1n) is 15.6. The van der Waals surface area contributed by atoms with Gasteiger partial charge in [-0.3, -0.25) is 24.8 Å². The van der Waals surface area contributed by atoms with E-state index in [4.69, 9.17) is 0 Å². The van der Waals surface area contributed by atoms with Crippen molar-refractivity contribution in [2.24, 2.45) is 20.0 Å². The van der Waals surface area contributed by atoms with E-state index in [1.54, 1.807) is 12.1 Å². The summed E-state index contributed by atoms with van der Waals surface area (Å²) in [4.78, 5) is 26.5. The second-order valence-electron chi connectivity index (χ2n) is 9.13. The summed E-state index contributed by atoms with van der Waals surface area (Å²) >= 11 is 0. The standard InChI is InChI=1S/C11H14FN.C10H12FN.C8H17N.C6H11FN2O/c1-2-13-8-7-10-3-5-11(9-12)6-4-10;1-2-12-8-7-9-3-5-10(11)6-4-9;1-3-5-6-7-8-9-4-2;1-2-8-5-6(10)9-4-3-7/h3-6,8H,2,7,9H2,1H3;3-6,8H,2,7H2,1H3;8H,3-7H2,1-2H3;5H,2-4H2,1H3,(H,9,10)/i12-1;11-1;;7-1. The van der Waals surface area contributed by atoms with Crippen molar-refractivity contribution in [3.8, 4) is 0 Å². The van der Waals surface area contributed by atoms with Crippen LogP contribution < -0.4 is 5.32 Å². The molecular formula is C35H54F3N5O. The summed E-state index contributed by atoms with van der Waals surface area (Å²) in [5, 5.41) is 2.30. The molecular weight excluding hydrogens is 560 g/mol. The van der Waals surface area contributed by atoms with Crippen LogP contribution in [0.15, 0.2) is 68.5 Å². The second-order valence-corrected chi connectivity index (χ2v) is 9.13. The van der Waals surface area contributed by atoms with Crippen molar-refractivity contribution in [3.05, 3.63) is 71.0 Å². The van der Waals surface area contributed by atoms with Crippen LogP contribution in [0.25, 0.3) is 0 Å². The highest BCUT2D eigenvalue weighted by molar-refractivity contribution is 6.26. The number of rotatable bonds is 16. The molecule has 44 heavy (non-hydrogen) atoms. The van der Waals surface area contributed by atoms with E-state index in [2.05, 4.69) is 39.1 Å². The third-order valence-corrected chi connectivity index (χ3v) is 5.40. The fourth-order valence-electron chi connectivity index (χ4n) is 3.08. The second kappa shape index (κ2) is 33.9. The molecule has 246 valence electrons. The molecule has 0 aliphatic heterocycles. The fraction of sp³-hybridized carbons (Fsp3) is 0.514. The van der Waals surface area contributed by atoms with Gasteiger partial charge in [0.2, 0.25) is 0 Å². The quantitative estimate of drug-likeness (QED) is 0.151. The maximum absolute atomic E-state index is 12.4. The first-order valence-corrected chi connectivity index (χ1v) is 15.6. The van der Waals surface area contributed by atoms with E-state index in [9.17, 15) is 18.0 Å². The molecule has 6 nitrogen and oxygen atoms in total. The number of amides is 1. The first-order chi connectivity index (χ1) is 21.4. The molecule has 0 fully saturated rings. The predicted molar refractivity (Wildman–Crippen MR) is 184 cm³/mol. The molecule has 2 rings (SSSR count). The molecule has 2 aromatic rings. The molecule has 0 saturated heterocycles. The van der Waals surface area contributed by atoms with Gasteiger partial charge in [0.15, 0.2) is 0 Å². The van der Waals surface area contributed by atoms with Crippen molar-refractivity contribution in [3.63, 3.8) is 0 Å². The molecule has 0 heterocycles. The lowest BCUT2D eigenvalue weighted by atomic mass is 10.1. The Hall–Kier alpha value is -3.62. The number of aliphatic imine (C=N–C) groups is 4. The lowest BCUT2D eigenvalue weighted by Crippen LogP contribution is -2.26. The summed E-state index contributed by atoms with van der Waals surface area (Å²) in [7, 11) is 0. The molecule has 0 bridgehead atoms. The lowest BCUT2D eigenvalue weighted by molar-refractivity contribution is -0.114. The van der Waals surface area contributed by atoms with Crippen LogP contribution in [0.4, 0.5) is 13.2 Å². The minimum absolute atomic E-state index is 0.0641. The molecule has 0 aliphatic carbocycles. The Bertz CT molecular complexity index is 1020. The number of nitrogens with zero attached hydrogens (tertiary/aromatic N) is 4. The summed E-state index contributed by atoms with van der Waals surface area (Å²) in [6.45, 7) is 12.4. The van der Waals surface area contributed by atoms with E-state index in [0.29, 0.717) is 6.54 Å². The van der Waals surface area contributed by atoms with Gasteiger partial charge >= 0.3 is 0 Å². The Morgan fingerprint density at radius 3 is 1.61 bits per heavy atom. The van der Waals surface area contributed by atoms with Crippen LogP contribution in [0.2, 0.25) is 0 Å². The summed E-state index contributed by atoms with van der Waals surface area (Å²) in [5.41, 5.74) is 3.00. The zero-order chi connectivity index (χ0) is 33.1. The van der Waals surface area contributed by atoms with Crippen LogP contribution in [-0.2, 0) is 24.3 Å². The SMILES string of the molecule is CCCCCC=NCC.CCN=CC(=O)NCC[18F].CCN=CCc1ccc(C[18F])cc1.CCN=CCc1ccc([18F])cc1. The number of nitrogens with one attached hydrogen (secondary N) is 1. The molecule has 0 spiro atoms. The number of carbonyl (C=O) groups is 1. The average molecular weight is 615 g/mol. The third-order valence-electron chi connectivity index (χ3n) is 5.40. The molecule has 1 N–H and O–H groups in total. The van der Waals surface area contributed by atoms with Crippen molar-refractivity contribution < 1.29 is 18.0 Å². The summed E-state index contributed by atoms with van der Waals surface area (Å²) < 4.78 is 36.0. The highest BCUT2D eigenvalue weighted by Crippen LogP contribution is 2.05. The molecule has 0 saturated carbocycles. The highest BCUT2D eigenvalue weighted by Gasteiger charge is 1.93. The number of hydrogen-bond acceptors (Lipinski definition) is 5. The fourth-order valence-corrected chi connectivity index (χ4v) is 3.08. The van der Waals surface area contributed by atoms with Gasteiger partial charge in [-0.2, -0.15) is 0 Å². The van der Waals surface area contributed by atoms with E-state index < -0.39 is 6.67 Å². The van der Waals surface area contributed by atoms with E-state index >= 15 is 0 Å². The van der Waals surface area contributed by atoms with Crippen molar-refractivity contribution in [1.29, 1.82) is 0 Å². The van der Waals surface area contributed by atoms with E-state index in [1.807, 2.05) is 63.7 Å². The Morgan fingerprint density at radius 2 is 1.16 bits per heavy atom. The minimum atomic E-state index is -0.536. The van der Waals surface area contributed by atoms with Gasteiger partial charge in [0.05, 0.1) is 6.21 Å². The first kappa shape index (κ1) is 42.5. The van der Waals surface area contributed by atoms with E-state index in [-0.39, 0.29) is 24.9 Å². The molecule has 0 radical (unpaired) electrons. The number of carbonyl (C=O) groups excluding carboxylic acids is 1. The Kier molecular flexibility index (Phi) is 32.7. The van der Waals surface area contributed by atoms with E-state index in [0.717, 1.165) is 49.8 Å².